The highest BCUT2D eigenvalue weighted by Gasteiger charge is 2.25. The van der Waals surface area contributed by atoms with E-state index in [1.54, 1.807) is 6.92 Å². The molecule has 0 radical (unpaired) electrons. The van der Waals surface area contributed by atoms with E-state index in [0.29, 0.717) is 30.8 Å². The lowest BCUT2D eigenvalue weighted by molar-refractivity contribution is -0.119. The third kappa shape index (κ3) is 6.20. The first-order valence-electron chi connectivity index (χ1n) is 10.5. The number of thioether (sulfide) groups is 1. The predicted octanol–water partition coefficient (Wildman–Crippen LogP) is 2.37. The maximum atomic E-state index is 12.5. The molecule has 3 amide bonds. The molecule has 9 nitrogen and oxygen atoms in total. The fourth-order valence-corrected chi connectivity index (χ4v) is 3.93. The highest BCUT2D eigenvalue weighted by molar-refractivity contribution is 8.00. The summed E-state index contributed by atoms with van der Waals surface area (Å²) >= 11 is 1.27. The Balaban J connectivity index is 1.79. The standard InChI is InChI=1S/C21H30N6O3S/c1-14(2)13-22-19(29)23-18(28)16(4)31-21-25-24-20(26-8-10-30-11-9-26)27(21)17-7-5-6-15(3)12-17/h5-7,12,14,16H,8-11,13H2,1-4H3,(H2,22,23,28,29). The fraction of sp³-hybridized carbons (Fsp3) is 0.524. The lowest BCUT2D eigenvalue weighted by Gasteiger charge is -2.28. The van der Waals surface area contributed by atoms with Crippen LogP contribution in [0.3, 0.4) is 0 Å². The largest absolute Gasteiger partial charge is 0.378 e. The average Bonchev–Trinajstić information content (AvgIpc) is 3.16. The zero-order chi connectivity index (χ0) is 22.4. The monoisotopic (exact) mass is 446 g/mol. The molecule has 2 N–H and O–H groups in total. The number of aromatic nitrogens is 3. The van der Waals surface area contributed by atoms with Crippen LogP contribution in [0.1, 0.15) is 26.3 Å². The summed E-state index contributed by atoms with van der Waals surface area (Å²) in [6, 6.07) is 7.58. The molecule has 1 fully saturated rings. The Kier molecular flexibility index (Phi) is 7.91. The molecule has 1 atom stereocenters. The Hall–Kier alpha value is -2.59. The summed E-state index contributed by atoms with van der Waals surface area (Å²) in [4.78, 5) is 26.6. The molecule has 1 aliphatic heterocycles. The highest BCUT2D eigenvalue weighted by Crippen LogP contribution is 2.30. The van der Waals surface area contributed by atoms with E-state index in [-0.39, 0.29) is 5.91 Å². The minimum Gasteiger partial charge on any atom is -0.378 e. The van der Waals surface area contributed by atoms with Gasteiger partial charge < -0.3 is 15.0 Å². The van der Waals surface area contributed by atoms with Crippen molar-refractivity contribution in [3.05, 3.63) is 29.8 Å². The van der Waals surface area contributed by atoms with Gasteiger partial charge in [-0.3, -0.25) is 14.7 Å². The normalized spacial score (nSPS) is 15.1. The molecule has 2 aromatic rings. The van der Waals surface area contributed by atoms with Gasteiger partial charge in [-0.2, -0.15) is 0 Å². The molecule has 3 rings (SSSR count). The van der Waals surface area contributed by atoms with Crippen LogP contribution in [0.2, 0.25) is 0 Å². The van der Waals surface area contributed by atoms with Crippen molar-refractivity contribution in [2.24, 2.45) is 5.92 Å². The lowest BCUT2D eigenvalue weighted by atomic mass is 10.2. The Bertz CT molecular complexity index is 910. The van der Waals surface area contributed by atoms with Gasteiger partial charge in [0.1, 0.15) is 0 Å². The molecule has 10 heteroatoms. The van der Waals surface area contributed by atoms with Crippen LogP contribution in [-0.2, 0) is 9.53 Å². The van der Waals surface area contributed by atoms with Gasteiger partial charge in [0.2, 0.25) is 11.9 Å². The van der Waals surface area contributed by atoms with E-state index in [0.717, 1.165) is 30.3 Å². The van der Waals surface area contributed by atoms with Crippen molar-refractivity contribution < 1.29 is 14.3 Å². The number of nitrogens with zero attached hydrogens (tertiary/aromatic N) is 4. The van der Waals surface area contributed by atoms with E-state index >= 15 is 0 Å². The Morgan fingerprint density at radius 1 is 1.19 bits per heavy atom. The topological polar surface area (TPSA) is 101 Å². The smallest absolute Gasteiger partial charge is 0.321 e. The van der Waals surface area contributed by atoms with Crippen molar-refractivity contribution in [1.82, 2.24) is 25.4 Å². The number of rotatable bonds is 7. The quantitative estimate of drug-likeness (QED) is 0.630. The molecule has 1 unspecified atom stereocenters. The number of morpholine rings is 1. The maximum absolute atomic E-state index is 12.5. The van der Waals surface area contributed by atoms with Crippen LogP contribution in [0.15, 0.2) is 29.4 Å². The number of hydrogen-bond donors (Lipinski definition) is 2. The van der Waals surface area contributed by atoms with Gasteiger partial charge in [-0.05, 0) is 37.5 Å². The second kappa shape index (κ2) is 10.6. The van der Waals surface area contributed by atoms with Crippen LogP contribution in [0.5, 0.6) is 0 Å². The number of benzene rings is 1. The predicted molar refractivity (Wildman–Crippen MR) is 121 cm³/mol. The van der Waals surface area contributed by atoms with Gasteiger partial charge in [-0.1, -0.05) is 37.7 Å². The van der Waals surface area contributed by atoms with Gasteiger partial charge in [-0.25, -0.2) is 4.79 Å². The van der Waals surface area contributed by atoms with Gasteiger partial charge in [-0.15, -0.1) is 10.2 Å². The van der Waals surface area contributed by atoms with Crippen LogP contribution in [0, 0.1) is 12.8 Å². The van der Waals surface area contributed by atoms with Crippen LogP contribution in [0.25, 0.3) is 5.69 Å². The first-order chi connectivity index (χ1) is 14.8. The molecule has 1 saturated heterocycles. The third-order valence-electron chi connectivity index (χ3n) is 4.73. The van der Waals surface area contributed by atoms with E-state index in [4.69, 9.17) is 4.74 Å². The zero-order valence-corrected chi connectivity index (χ0v) is 19.2. The van der Waals surface area contributed by atoms with Gasteiger partial charge in [0, 0.05) is 19.6 Å². The molecular weight excluding hydrogens is 416 g/mol. The second-order valence-electron chi connectivity index (χ2n) is 7.91. The first-order valence-corrected chi connectivity index (χ1v) is 11.3. The minimum absolute atomic E-state index is 0.305. The summed E-state index contributed by atoms with van der Waals surface area (Å²) in [6.07, 6.45) is 0. The Labute approximate surface area is 186 Å². The number of hydrogen-bond acceptors (Lipinski definition) is 7. The molecule has 0 aliphatic carbocycles. The summed E-state index contributed by atoms with van der Waals surface area (Å²) in [5.41, 5.74) is 2.04. The van der Waals surface area contributed by atoms with Crippen molar-refractivity contribution >= 4 is 29.6 Å². The first kappa shape index (κ1) is 23.1. The van der Waals surface area contributed by atoms with E-state index in [1.807, 2.05) is 43.5 Å². The lowest BCUT2D eigenvalue weighted by Crippen LogP contribution is -2.43. The van der Waals surface area contributed by atoms with Gasteiger partial charge in [0.05, 0.1) is 24.2 Å². The zero-order valence-electron chi connectivity index (χ0n) is 18.4. The number of urea groups is 1. The highest BCUT2D eigenvalue weighted by atomic mass is 32.2. The van der Waals surface area contributed by atoms with Gasteiger partial charge >= 0.3 is 6.03 Å². The van der Waals surface area contributed by atoms with E-state index in [2.05, 4.69) is 31.8 Å². The Morgan fingerprint density at radius 3 is 2.61 bits per heavy atom. The SMILES string of the molecule is Cc1cccc(-n2c(SC(C)C(=O)NC(=O)NCC(C)C)nnc2N2CCOCC2)c1. The van der Waals surface area contributed by atoms with Crippen LogP contribution in [-0.4, -0.2) is 64.8 Å². The van der Waals surface area contributed by atoms with Crippen LogP contribution < -0.4 is 15.5 Å². The van der Waals surface area contributed by atoms with Gasteiger partial charge in [0.25, 0.3) is 0 Å². The molecular formula is C21H30N6O3S. The van der Waals surface area contributed by atoms with Crippen molar-refractivity contribution in [1.29, 1.82) is 0 Å². The summed E-state index contributed by atoms with van der Waals surface area (Å²) < 4.78 is 7.43. The Morgan fingerprint density at radius 2 is 1.94 bits per heavy atom. The number of amides is 3. The summed E-state index contributed by atoms with van der Waals surface area (Å²) in [7, 11) is 0. The number of carbonyl (C=O) groups is 2. The molecule has 31 heavy (non-hydrogen) atoms. The third-order valence-corrected chi connectivity index (χ3v) is 5.77. The number of carbonyl (C=O) groups excluding carboxylic acids is 2. The average molecular weight is 447 g/mol. The molecule has 0 spiro atoms. The van der Waals surface area contributed by atoms with E-state index in [9.17, 15) is 9.59 Å². The van der Waals surface area contributed by atoms with Gasteiger partial charge in [0.15, 0.2) is 5.16 Å². The van der Waals surface area contributed by atoms with Crippen LogP contribution >= 0.6 is 11.8 Å². The molecule has 1 aromatic carbocycles. The number of ether oxygens (including phenoxy) is 1. The molecule has 168 valence electrons. The molecule has 0 bridgehead atoms. The summed E-state index contributed by atoms with van der Waals surface area (Å²) in [5.74, 6) is 0.649. The van der Waals surface area contributed by atoms with Crippen molar-refractivity contribution in [3.8, 4) is 5.69 Å². The van der Waals surface area contributed by atoms with Crippen molar-refractivity contribution in [2.75, 3.05) is 37.7 Å². The summed E-state index contributed by atoms with van der Waals surface area (Å²) in [6.45, 7) is 11.0. The van der Waals surface area contributed by atoms with E-state index < -0.39 is 11.3 Å². The van der Waals surface area contributed by atoms with Crippen molar-refractivity contribution in [3.63, 3.8) is 0 Å². The molecule has 2 heterocycles. The summed E-state index contributed by atoms with van der Waals surface area (Å²) in [5, 5.41) is 13.9. The molecule has 1 aliphatic rings. The molecule has 0 saturated carbocycles. The van der Waals surface area contributed by atoms with E-state index in [1.165, 1.54) is 11.8 Å². The second-order valence-corrected chi connectivity index (χ2v) is 9.22. The minimum atomic E-state index is -0.532. The maximum Gasteiger partial charge on any atom is 0.321 e. The number of nitrogens with one attached hydrogen (secondary N) is 2. The fourth-order valence-electron chi connectivity index (χ4n) is 3.07. The van der Waals surface area contributed by atoms with Crippen LogP contribution in [0.4, 0.5) is 10.7 Å². The number of imide groups is 1. The molecule has 1 aromatic heterocycles. The van der Waals surface area contributed by atoms with Crippen molar-refractivity contribution in [2.45, 2.75) is 38.1 Å². The number of anilines is 1. The number of aryl methyl sites for hydroxylation is 1.